The van der Waals surface area contributed by atoms with Gasteiger partial charge in [0.2, 0.25) is 5.91 Å². The summed E-state index contributed by atoms with van der Waals surface area (Å²) in [7, 11) is 0. The molecule has 0 aromatic heterocycles. The lowest BCUT2D eigenvalue weighted by Gasteiger charge is -2.08. The third-order valence-corrected chi connectivity index (χ3v) is 3.01. The molecular formula is C17H25NO4. The number of carbonyl (C=O) groups excluding carboxylic acids is 2. The summed E-state index contributed by atoms with van der Waals surface area (Å²) in [4.78, 5) is 22.8. The molecule has 0 fully saturated rings. The SMILES string of the molecule is CCCCCCOc1ccc(NC(=O)CC(=O)OCC)cc1. The molecule has 22 heavy (non-hydrogen) atoms. The number of unbranched alkanes of at least 4 members (excludes halogenated alkanes) is 3. The molecule has 0 atom stereocenters. The molecule has 0 heterocycles. The molecule has 0 saturated carbocycles. The number of hydrogen-bond donors (Lipinski definition) is 1. The van der Waals surface area contributed by atoms with Crippen molar-refractivity contribution >= 4 is 17.6 Å². The summed E-state index contributed by atoms with van der Waals surface area (Å²) in [5.74, 6) is -0.126. The van der Waals surface area contributed by atoms with Crippen molar-refractivity contribution in [2.24, 2.45) is 0 Å². The Balaban J connectivity index is 2.32. The van der Waals surface area contributed by atoms with Crippen LogP contribution in [0.25, 0.3) is 0 Å². The third kappa shape index (κ3) is 7.67. The molecule has 1 N–H and O–H groups in total. The predicted molar refractivity (Wildman–Crippen MR) is 86.0 cm³/mol. The maximum atomic E-state index is 11.6. The van der Waals surface area contributed by atoms with Crippen LogP contribution >= 0.6 is 0 Å². The van der Waals surface area contributed by atoms with Gasteiger partial charge in [-0.15, -0.1) is 0 Å². The third-order valence-electron chi connectivity index (χ3n) is 3.01. The average Bonchev–Trinajstić information content (AvgIpc) is 2.49. The second kappa shape index (κ2) is 10.7. The molecule has 1 amide bonds. The molecule has 5 heteroatoms. The number of nitrogens with one attached hydrogen (secondary N) is 1. The van der Waals surface area contributed by atoms with E-state index >= 15 is 0 Å². The molecule has 1 aromatic carbocycles. The van der Waals surface area contributed by atoms with E-state index in [1.807, 2.05) is 0 Å². The van der Waals surface area contributed by atoms with Crippen LogP contribution < -0.4 is 10.1 Å². The van der Waals surface area contributed by atoms with E-state index in [0.717, 1.165) is 12.2 Å². The minimum atomic E-state index is -0.521. The number of ether oxygens (including phenoxy) is 2. The van der Waals surface area contributed by atoms with Crippen LogP contribution in [0.1, 0.15) is 46.0 Å². The van der Waals surface area contributed by atoms with Crippen LogP contribution in [0.3, 0.4) is 0 Å². The highest BCUT2D eigenvalue weighted by molar-refractivity contribution is 6.01. The summed E-state index contributed by atoms with van der Waals surface area (Å²) in [6, 6.07) is 7.12. The summed E-state index contributed by atoms with van der Waals surface area (Å²) < 4.78 is 10.3. The fourth-order valence-electron chi connectivity index (χ4n) is 1.90. The Hall–Kier alpha value is -2.04. The van der Waals surface area contributed by atoms with E-state index in [0.29, 0.717) is 12.3 Å². The van der Waals surface area contributed by atoms with E-state index in [-0.39, 0.29) is 18.9 Å². The van der Waals surface area contributed by atoms with Crippen LogP contribution in [0.15, 0.2) is 24.3 Å². The number of esters is 1. The van der Waals surface area contributed by atoms with Gasteiger partial charge in [-0.25, -0.2) is 0 Å². The van der Waals surface area contributed by atoms with Gasteiger partial charge in [-0.3, -0.25) is 9.59 Å². The van der Waals surface area contributed by atoms with E-state index in [2.05, 4.69) is 12.2 Å². The second-order valence-electron chi connectivity index (χ2n) is 4.96. The van der Waals surface area contributed by atoms with Gasteiger partial charge in [-0.2, -0.15) is 0 Å². The van der Waals surface area contributed by atoms with Crippen molar-refractivity contribution in [1.29, 1.82) is 0 Å². The average molecular weight is 307 g/mol. The van der Waals surface area contributed by atoms with Gasteiger partial charge < -0.3 is 14.8 Å². The van der Waals surface area contributed by atoms with E-state index in [4.69, 9.17) is 9.47 Å². The first kappa shape index (κ1) is 18.0. The van der Waals surface area contributed by atoms with Crippen molar-refractivity contribution in [3.05, 3.63) is 24.3 Å². The largest absolute Gasteiger partial charge is 0.494 e. The van der Waals surface area contributed by atoms with Crippen molar-refractivity contribution in [2.45, 2.75) is 46.0 Å². The fraction of sp³-hybridized carbons (Fsp3) is 0.529. The van der Waals surface area contributed by atoms with Gasteiger partial charge in [0.05, 0.1) is 13.2 Å². The first-order valence-electron chi connectivity index (χ1n) is 7.84. The van der Waals surface area contributed by atoms with Crippen LogP contribution in [0.5, 0.6) is 5.75 Å². The first-order valence-corrected chi connectivity index (χ1v) is 7.84. The van der Waals surface area contributed by atoms with E-state index in [1.54, 1.807) is 31.2 Å². The molecule has 0 aliphatic rings. The standard InChI is InChI=1S/C17H25NO4/c1-3-5-6-7-12-22-15-10-8-14(9-11-15)18-16(19)13-17(20)21-4-2/h8-11H,3-7,12-13H2,1-2H3,(H,18,19). The zero-order chi connectivity index (χ0) is 16.2. The lowest BCUT2D eigenvalue weighted by Crippen LogP contribution is -2.18. The Morgan fingerprint density at radius 2 is 1.77 bits per heavy atom. The molecule has 0 saturated heterocycles. The first-order chi connectivity index (χ1) is 10.7. The van der Waals surface area contributed by atoms with Gasteiger partial charge in [-0.1, -0.05) is 26.2 Å². The molecule has 1 rings (SSSR count). The summed E-state index contributed by atoms with van der Waals surface area (Å²) in [6.45, 7) is 4.86. The van der Waals surface area contributed by atoms with Crippen molar-refractivity contribution in [1.82, 2.24) is 0 Å². The van der Waals surface area contributed by atoms with Gasteiger partial charge in [0.25, 0.3) is 0 Å². The molecule has 0 radical (unpaired) electrons. The summed E-state index contributed by atoms with van der Waals surface area (Å²) >= 11 is 0. The molecule has 0 aliphatic carbocycles. The summed E-state index contributed by atoms with van der Waals surface area (Å²) in [5, 5.41) is 2.65. The van der Waals surface area contributed by atoms with Crippen molar-refractivity contribution < 1.29 is 19.1 Å². The highest BCUT2D eigenvalue weighted by Crippen LogP contribution is 2.16. The number of carbonyl (C=O) groups is 2. The number of rotatable bonds is 10. The van der Waals surface area contributed by atoms with E-state index in [9.17, 15) is 9.59 Å². The second-order valence-corrected chi connectivity index (χ2v) is 4.96. The topological polar surface area (TPSA) is 64.6 Å². The van der Waals surface area contributed by atoms with Crippen LogP contribution in [-0.2, 0) is 14.3 Å². The molecule has 1 aromatic rings. The molecule has 0 unspecified atom stereocenters. The minimum Gasteiger partial charge on any atom is -0.494 e. The van der Waals surface area contributed by atoms with Gasteiger partial charge in [0.1, 0.15) is 12.2 Å². The Labute approximate surface area is 132 Å². The van der Waals surface area contributed by atoms with Gasteiger partial charge in [-0.05, 0) is 37.6 Å². The maximum Gasteiger partial charge on any atom is 0.315 e. The number of benzene rings is 1. The molecule has 0 aliphatic heterocycles. The van der Waals surface area contributed by atoms with Crippen LogP contribution in [-0.4, -0.2) is 25.1 Å². The van der Waals surface area contributed by atoms with Gasteiger partial charge in [0, 0.05) is 5.69 Å². The quantitative estimate of drug-likeness (QED) is 0.408. The highest BCUT2D eigenvalue weighted by Gasteiger charge is 2.10. The van der Waals surface area contributed by atoms with Gasteiger partial charge >= 0.3 is 5.97 Å². The molecule has 122 valence electrons. The number of hydrogen-bond acceptors (Lipinski definition) is 4. The molecule has 0 bridgehead atoms. The molecule has 5 nitrogen and oxygen atoms in total. The zero-order valence-electron chi connectivity index (χ0n) is 13.4. The normalized spacial score (nSPS) is 10.1. The lowest BCUT2D eigenvalue weighted by molar-refractivity contribution is -0.145. The van der Waals surface area contributed by atoms with E-state index in [1.165, 1.54) is 19.3 Å². The monoisotopic (exact) mass is 307 g/mol. The smallest absolute Gasteiger partial charge is 0.315 e. The minimum absolute atomic E-state index is 0.274. The lowest BCUT2D eigenvalue weighted by atomic mass is 10.2. The molecular weight excluding hydrogens is 282 g/mol. The molecule has 0 spiro atoms. The van der Waals surface area contributed by atoms with Crippen molar-refractivity contribution in [3.8, 4) is 5.75 Å². The highest BCUT2D eigenvalue weighted by atomic mass is 16.5. The number of anilines is 1. The van der Waals surface area contributed by atoms with Crippen LogP contribution in [0, 0.1) is 0 Å². The predicted octanol–water partition coefficient (Wildman–Crippen LogP) is 3.54. The van der Waals surface area contributed by atoms with Crippen LogP contribution in [0.2, 0.25) is 0 Å². The Kier molecular flexibility index (Phi) is 8.72. The Morgan fingerprint density at radius 3 is 2.41 bits per heavy atom. The Morgan fingerprint density at radius 1 is 1.05 bits per heavy atom. The number of amides is 1. The van der Waals surface area contributed by atoms with Gasteiger partial charge in [0.15, 0.2) is 0 Å². The van der Waals surface area contributed by atoms with Crippen molar-refractivity contribution in [3.63, 3.8) is 0 Å². The zero-order valence-corrected chi connectivity index (χ0v) is 13.4. The van der Waals surface area contributed by atoms with E-state index < -0.39 is 5.97 Å². The Bertz CT molecular complexity index is 456. The maximum absolute atomic E-state index is 11.6. The summed E-state index contributed by atoms with van der Waals surface area (Å²) in [5.41, 5.74) is 0.632. The fourth-order valence-corrected chi connectivity index (χ4v) is 1.90. The van der Waals surface area contributed by atoms with Crippen LogP contribution in [0.4, 0.5) is 5.69 Å². The summed E-state index contributed by atoms with van der Waals surface area (Å²) in [6.07, 6.45) is 4.39. The van der Waals surface area contributed by atoms with Crippen molar-refractivity contribution in [2.75, 3.05) is 18.5 Å².